The minimum Gasteiger partial charge on any atom is -0.376 e. The molecular formula is C27H28F3N3O5S. The van der Waals surface area contributed by atoms with Gasteiger partial charge in [-0.2, -0.15) is 17.5 Å². The van der Waals surface area contributed by atoms with Gasteiger partial charge in [0.05, 0.1) is 9.82 Å². The summed E-state index contributed by atoms with van der Waals surface area (Å²) in [6.07, 6.45) is -4.78. The van der Waals surface area contributed by atoms with Gasteiger partial charge in [-0.05, 0) is 41.7 Å². The number of non-ortho nitro benzene ring substituents is 1. The molecule has 0 bridgehead atoms. The number of aliphatic hydroxyl groups is 1. The Morgan fingerprint density at radius 2 is 1.46 bits per heavy atom. The van der Waals surface area contributed by atoms with E-state index in [4.69, 9.17) is 0 Å². The van der Waals surface area contributed by atoms with Gasteiger partial charge in [0.2, 0.25) is 10.0 Å². The highest BCUT2D eigenvalue weighted by Gasteiger charge is 2.51. The second-order valence-electron chi connectivity index (χ2n) is 9.73. The van der Waals surface area contributed by atoms with Crippen molar-refractivity contribution >= 4 is 15.7 Å². The molecule has 1 unspecified atom stereocenters. The fourth-order valence-electron chi connectivity index (χ4n) is 4.46. The Morgan fingerprint density at radius 1 is 0.923 bits per heavy atom. The highest BCUT2D eigenvalue weighted by Crippen LogP contribution is 2.39. The maximum Gasteiger partial charge on any atom is 0.421 e. The minimum absolute atomic E-state index is 0.0595. The van der Waals surface area contributed by atoms with E-state index in [1.807, 2.05) is 24.3 Å². The van der Waals surface area contributed by atoms with Gasteiger partial charge in [0.1, 0.15) is 0 Å². The molecule has 3 aromatic rings. The second kappa shape index (κ2) is 10.7. The molecule has 0 radical (unpaired) electrons. The third kappa shape index (κ3) is 5.98. The van der Waals surface area contributed by atoms with Crippen molar-refractivity contribution in [3.05, 3.63) is 93.5 Å². The highest BCUT2D eigenvalue weighted by molar-refractivity contribution is 7.89. The highest BCUT2D eigenvalue weighted by atomic mass is 32.2. The molecule has 1 fully saturated rings. The molecule has 0 amide bonds. The number of nitro groups is 1. The first kappa shape index (κ1) is 28.7. The van der Waals surface area contributed by atoms with E-state index in [0.29, 0.717) is 30.8 Å². The molecule has 0 spiro atoms. The fraction of sp³-hybridized carbons (Fsp3) is 0.333. The Labute approximate surface area is 224 Å². The van der Waals surface area contributed by atoms with Gasteiger partial charge in [-0.25, -0.2) is 8.42 Å². The first-order chi connectivity index (χ1) is 18.2. The molecule has 8 nitrogen and oxygen atoms in total. The number of nitrogens with zero attached hydrogens (tertiary/aromatic N) is 3. The predicted molar refractivity (Wildman–Crippen MR) is 139 cm³/mol. The van der Waals surface area contributed by atoms with E-state index in [1.54, 1.807) is 6.92 Å². The van der Waals surface area contributed by atoms with Crippen molar-refractivity contribution in [1.82, 2.24) is 9.21 Å². The van der Waals surface area contributed by atoms with E-state index in [-0.39, 0.29) is 29.2 Å². The molecule has 0 aromatic heterocycles. The molecule has 1 aliphatic heterocycles. The lowest BCUT2D eigenvalue weighted by Gasteiger charge is -2.34. The Balaban J connectivity index is 1.38. The van der Waals surface area contributed by atoms with E-state index in [2.05, 4.69) is 4.90 Å². The SMILES string of the molecule is Cc1ccc([N+](=O)[O-])cc1S(=O)(=O)N1CCN(Cc2ccc(-c3ccc(C(C)(O)C(F)(F)F)cc3)cc2)CC1. The van der Waals surface area contributed by atoms with Crippen LogP contribution in [0.2, 0.25) is 0 Å². The molecule has 208 valence electrons. The van der Waals surface area contributed by atoms with Gasteiger partial charge < -0.3 is 5.11 Å². The summed E-state index contributed by atoms with van der Waals surface area (Å²) in [5.74, 6) is 0. The number of halogens is 3. The van der Waals surface area contributed by atoms with Crippen molar-refractivity contribution in [2.45, 2.75) is 37.1 Å². The zero-order valence-electron chi connectivity index (χ0n) is 21.4. The Morgan fingerprint density at radius 3 is 1.97 bits per heavy atom. The van der Waals surface area contributed by atoms with Crippen molar-refractivity contribution in [1.29, 1.82) is 0 Å². The van der Waals surface area contributed by atoms with Crippen molar-refractivity contribution < 1.29 is 31.6 Å². The van der Waals surface area contributed by atoms with Gasteiger partial charge in [-0.3, -0.25) is 15.0 Å². The van der Waals surface area contributed by atoms with Crippen molar-refractivity contribution in [2.75, 3.05) is 26.2 Å². The molecule has 1 saturated heterocycles. The number of sulfonamides is 1. The molecule has 1 aliphatic rings. The molecular weight excluding hydrogens is 535 g/mol. The Kier molecular flexibility index (Phi) is 7.86. The average Bonchev–Trinajstić information content (AvgIpc) is 2.89. The smallest absolute Gasteiger partial charge is 0.376 e. The van der Waals surface area contributed by atoms with E-state index >= 15 is 0 Å². The molecule has 0 saturated carbocycles. The maximum atomic E-state index is 13.2. The van der Waals surface area contributed by atoms with Crippen molar-refractivity contribution in [3.8, 4) is 11.1 Å². The van der Waals surface area contributed by atoms with Gasteiger partial charge in [-0.1, -0.05) is 54.6 Å². The topological polar surface area (TPSA) is 104 Å². The number of alkyl halides is 3. The van der Waals surface area contributed by atoms with Gasteiger partial charge in [-0.15, -0.1) is 0 Å². The number of aryl methyl sites for hydroxylation is 1. The van der Waals surface area contributed by atoms with E-state index in [1.165, 1.54) is 40.7 Å². The van der Waals surface area contributed by atoms with Crippen LogP contribution >= 0.6 is 0 Å². The zero-order chi connectivity index (χ0) is 28.6. The van der Waals surface area contributed by atoms with Gasteiger partial charge >= 0.3 is 6.18 Å². The molecule has 12 heteroatoms. The van der Waals surface area contributed by atoms with Crippen LogP contribution in [0, 0.1) is 17.0 Å². The lowest BCUT2D eigenvalue weighted by atomic mass is 9.93. The van der Waals surface area contributed by atoms with Crippen LogP contribution in [0.1, 0.15) is 23.6 Å². The third-order valence-corrected chi connectivity index (χ3v) is 9.06. The lowest BCUT2D eigenvalue weighted by Crippen LogP contribution is -2.48. The molecule has 1 atom stereocenters. The number of rotatable bonds is 7. The van der Waals surface area contributed by atoms with Gasteiger partial charge in [0, 0.05) is 44.9 Å². The lowest BCUT2D eigenvalue weighted by molar-refractivity contribution is -0.385. The minimum atomic E-state index is -4.78. The number of nitro benzene ring substituents is 1. The van der Waals surface area contributed by atoms with E-state index in [0.717, 1.165) is 24.1 Å². The molecule has 3 aromatic carbocycles. The van der Waals surface area contributed by atoms with E-state index < -0.39 is 26.7 Å². The number of hydrogen-bond acceptors (Lipinski definition) is 6. The molecule has 39 heavy (non-hydrogen) atoms. The van der Waals surface area contributed by atoms with Crippen LogP contribution in [0.5, 0.6) is 0 Å². The molecule has 1 heterocycles. The summed E-state index contributed by atoms with van der Waals surface area (Å²) in [5.41, 5.74) is -0.498. The van der Waals surface area contributed by atoms with Crippen molar-refractivity contribution in [2.24, 2.45) is 0 Å². The summed E-state index contributed by atoms with van der Waals surface area (Å²) in [4.78, 5) is 12.5. The monoisotopic (exact) mass is 563 g/mol. The number of hydrogen-bond donors (Lipinski definition) is 1. The summed E-state index contributed by atoms with van der Waals surface area (Å²) in [6.45, 7) is 4.37. The van der Waals surface area contributed by atoms with E-state index in [9.17, 15) is 36.8 Å². The normalized spacial score (nSPS) is 17.1. The Bertz CT molecular complexity index is 1450. The summed E-state index contributed by atoms with van der Waals surface area (Å²) < 4.78 is 66.9. The summed E-state index contributed by atoms with van der Waals surface area (Å²) >= 11 is 0. The first-order valence-corrected chi connectivity index (χ1v) is 13.6. The molecule has 1 N–H and O–H groups in total. The largest absolute Gasteiger partial charge is 0.421 e. The summed E-state index contributed by atoms with van der Waals surface area (Å²) in [6, 6.07) is 17.0. The average molecular weight is 564 g/mol. The number of benzene rings is 3. The van der Waals surface area contributed by atoms with Crippen LogP contribution in [-0.2, 0) is 22.2 Å². The fourth-order valence-corrected chi connectivity index (χ4v) is 6.13. The standard InChI is InChI=1S/C27H28F3N3O5S/c1-19-3-12-24(33(35)36)17-25(19)39(37,38)32-15-13-31(14-16-32)18-20-4-6-21(7-5-20)22-8-10-23(11-9-22)26(2,34)27(28,29)30/h3-12,17,34H,13-16,18H2,1-2H3. The van der Waals surface area contributed by atoms with Crippen LogP contribution in [0.25, 0.3) is 11.1 Å². The van der Waals surface area contributed by atoms with Crippen LogP contribution in [-0.4, -0.2) is 60.0 Å². The van der Waals surface area contributed by atoms with Crippen molar-refractivity contribution in [3.63, 3.8) is 0 Å². The quantitative estimate of drug-likeness (QED) is 0.326. The maximum absolute atomic E-state index is 13.2. The van der Waals surface area contributed by atoms with Gasteiger partial charge in [0.25, 0.3) is 5.69 Å². The van der Waals surface area contributed by atoms with Gasteiger partial charge in [0.15, 0.2) is 5.60 Å². The first-order valence-electron chi connectivity index (χ1n) is 12.2. The van der Waals surface area contributed by atoms with Crippen LogP contribution in [0.3, 0.4) is 0 Å². The Hall–Kier alpha value is -3.32. The summed E-state index contributed by atoms with van der Waals surface area (Å²) in [5, 5.41) is 21.0. The summed E-state index contributed by atoms with van der Waals surface area (Å²) in [7, 11) is -3.88. The van der Waals surface area contributed by atoms with Crippen LogP contribution < -0.4 is 0 Å². The third-order valence-electron chi connectivity index (χ3n) is 7.02. The zero-order valence-corrected chi connectivity index (χ0v) is 22.2. The predicted octanol–water partition coefficient (Wildman–Crippen LogP) is 4.85. The molecule has 0 aliphatic carbocycles. The molecule has 4 rings (SSSR count). The van der Waals surface area contributed by atoms with Crippen LogP contribution in [0.4, 0.5) is 18.9 Å². The number of piperazine rings is 1. The second-order valence-corrected chi connectivity index (χ2v) is 11.6. The van der Waals surface area contributed by atoms with Crippen LogP contribution in [0.15, 0.2) is 71.6 Å².